The summed E-state index contributed by atoms with van der Waals surface area (Å²) in [6.45, 7) is 2.67. The first kappa shape index (κ1) is 19.9. The summed E-state index contributed by atoms with van der Waals surface area (Å²) in [5.41, 5.74) is 11.1. The van der Waals surface area contributed by atoms with Crippen LogP contribution >= 0.6 is 0 Å². The minimum atomic E-state index is -0.278. The topological polar surface area (TPSA) is 123 Å². The number of carbonyl (C=O) groups is 1. The fourth-order valence-corrected chi connectivity index (χ4v) is 4.44. The van der Waals surface area contributed by atoms with E-state index in [4.69, 9.17) is 15.7 Å². The lowest BCUT2D eigenvalue weighted by molar-refractivity contribution is 0.0343. The van der Waals surface area contributed by atoms with E-state index >= 15 is 0 Å². The summed E-state index contributed by atoms with van der Waals surface area (Å²) in [5, 5.41) is 15.2. The van der Waals surface area contributed by atoms with Gasteiger partial charge >= 0.3 is 0 Å². The Balaban J connectivity index is 1.57. The molecule has 5 rings (SSSR count). The monoisotopic (exact) mass is 427 g/mol. The number of fused-ring (bicyclic) bond motifs is 4. The Hall–Kier alpha value is -4.03. The van der Waals surface area contributed by atoms with Gasteiger partial charge in [-0.05, 0) is 36.2 Å². The van der Waals surface area contributed by atoms with E-state index in [2.05, 4.69) is 21.1 Å². The molecule has 0 fully saturated rings. The predicted molar refractivity (Wildman–Crippen MR) is 119 cm³/mol. The average Bonchev–Trinajstić information content (AvgIpc) is 3.11. The minimum absolute atomic E-state index is 0.235. The van der Waals surface area contributed by atoms with E-state index in [-0.39, 0.29) is 11.9 Å². The number of aromatic nitrogens is 4. The van der Waals surface area contributed by atoms with Gasteiger partial charge in [-0.1, -0.05) is 6.07 Å². The van der Waals surface area contributed by atoms with E-state index < -0.39 is 0 Å². The van der Waals surface area contributed by atoms with Crippen molar-refractivity contribution in [2.24, 2.45) is 7.05 Å². The van der Waals surface area contributed by atoms with Crippen molar-refractivity contribution in [3.8, 4) is 6.07 Å². The minimum Gasteiger partial charge on any atom is -0.383 e. The first-order valence-corrected chi connectivity index (χ1v) is 10.2. The lowest BCUT2D eigenvalue weighted by Gasteiger charge is -2.33. The van der Waals surface area contributed by atoms with E-state index in [1.54, 1.807) is 35.0 Å². The third-order valence-corrected chi connectivity index (χ3v) is 6.03. The second-order valence-corrected chi connectivity index (χ2v) is 7.99. The highest BCUT2D eigenvalue weighted by molar-refractivity contribution is 6.10. The highest BCUT2D eigenvalue weighted by Gasteiger charge is 2.29. The molecule has 9 nitrogen and oxygen atoms in total. The number of rotatable bonds is 2. The van der Waals surface area contributed by atoms with Crippen LogP contribution in [-0.4, -0.2) is 44.2 Å². The van der Waals surface area contributed by atoms with Gasteiger partial charge in [-0.15, -0.1) is 0 Å². The number of nitrogens with two attached hydrogens (primary N) is 1. The second kappa shape index (κ2) is 7.28. The molecule has 0 saturated carbocycles. The zero-order valence-corrected chi connectivity index (χ0v) is 18.0. The van der Waals surface area contributed by atoms with Crippen LogP contribution in [0.5, 0.6) is 0 Å². The molecule has 4 heterocycles. The largest absolute Gasteiger partial charge is 0.383 e. The second-order valence-electron chi connectivity index (χ2n) is 7.99. The van der Waals surface area contributed by atoms with E-state index in [0.29, 0.717) is 35.8 Å². The lowest BCUT2D eigenvalue weighted by Crippen LogP contribution is -2.36. The Bertz CT molecular complexity index is 1450. The van der Waals surface area contributed by atoms with Crippen molar-refractivity contribution in [3.63, 3.8) is 0 Å². The van der Waals surface area contributed by atoms with Gasteiger partial charge in [0.25, 0.3) is 5.91 Å². The SMILES string of the molecule is Cc1nn(C)c2c1c(N)nc1cnc(C(=O)N(C)[C@@H]3COCc4cc(C#N)ccc43)cc12. The lowest BCUT2D eigenvalue weighted by atomic mass is 9.96. The van der Waals surface area contributed by atoms with Crippen molar-refractivity contribution in [2.75, 3.05) is 19.4 Å². The maximum atomic E-state index is 13.4. The molecule has 0 bridgehead atoms. The number of hydrogen-bond acceptors (Lipinski definition) is 7. The van der Waals surface area contributed by atoms with Crippen LogP contribution in [0, 0.1) is 18.3 Å². The zero-order chi connectivity index (χ0) is 22.6. The van der Waals surface area contributed by atoms with Crippen LogP contribution in [0.4, 0.5) is 5.82 Å². The Kier molecular flexibility index (Phi) is 4.53. The highest BCUT2D eigenvalue weighted by Crippen LogP contribution is 2.32. The number of nitrogens with zero attached hydrogens (tertiary/aromatic N) is 6. The van der Waals surface area contributed by atoms with Gasteiger partial charge in [0.15, 0.2) is 0 Å². The zero-order valence-electron chi connectivity index (χ0n) is 18.0. The van der Waals surface area contributed by atoms with Gasteiger partial charge in [0, 0.05) is 19.5 Å². The Morgan fingerprint density at radius 3 is 2.97 bits per heavy atom. The molecular weight excluding hydrogens is 406 g/mol. The molecule has 0 spiro atoms. The van der Waals surface area contributed by atoms with Crippen molar-refractivity contribution in [3.05, 3.63) is 58.5 Å². The first-order valence-electron chi connectivity index (χ1n) is 10.2. The summed E-state index contributed by atoms with van der Waals surface area (Å²) in [5.74, 6) is 0.158. The van der Waals surface area contributed by atoms with E-state index in [9.17, 15) is 4.79 Å². The number of carbonyl (C=O) groups excluding carboxylic acids is 1. The number of benzene rings is 1. The number of likely N-dealkylation sites (N-methyl/N-ethyl adjacent to an activating group) is 1. The van der Waals surface area contributed by atoms with Crippen LogP contribution in [0.25, 0.3) is 21.8 Å². The molecule has 1 amide bonds. The molecular formula is C23H21N7O2. The number of pyridine rings is 2. The van der Waals surface area contributed by atoms with Gasteiger partial charge in [0.2, 0.25) is 0 Å². The number of nitrogen functional groups attached to an aromatic ring is 1. The number of amides is 1. The molecule has 4 aromatic rings. The Morgan fingerprint density at radius 2 is 2.19 bits per heavy atom. The highest BCUT2D eigenvalue weighted by atomic mass is 16.5. The Morgan fingerprint density at radius 1 is 1.38 bits per heavy atom. The molecule has 0 radical (unpaired) electrons. The third kappa shape index (κ3) is 2.96. The summed E-state index contributed by atoms with van der Waals surface area (Å²) < 4.78 is 7.47. The number of aryl methyl sites for hydroxylation is 2. The summed E-state index contributed by atoms with van der Waals surface area (Å²) in [4.78, 5) is 23.9. The predicted octanol–water partition coefficient (Wildman–Crippen LogP) is 2.62. The molecule has 0 saturated heterocycles. The molecule has 9 heteroatoms. The fraction of sp³-hybridized carbons (Fsp3) is 0.261. The van der Waals surface area contributed by atoms with Gasteiger partial charge in [-0.25, -0.2) is 9.97 Å². The van der Waals surface area contributed by atoms with E-state index in [0.717, 1.165) is 33.1 Å². The molecule has 1 aliphatic heterocycles. The normalized spacial score (nSPS) is 15.5. The number of ether oxygens (including phenoxy) is 1. The van der Waals surface area contributed by atoms with Crippen LogP contribution in [0.1, 0.15) is 38.9 Å². The van der Waals surface area contributed by atoms with Crippen LogP contribution in [-0.2, 0) is 18.4 Å². The molecule has 160 valence electrons. The Labute approximate surface area is 184 Å². The van der Waals surface area contributed by atoms with Crippen molar-refractivity contribution in [2.45, 2.75) is 19.6 Å². The maximum absolute atomic E-state index is 13.4. The van der Waals surface area contributed by atoms with Crippen molar-refractivity contribution < 1.29 is 9.53 Å². The van der Waals surface area contributed by atoms with E-state index in [1.807, 2.05) is 26.1 Å². The average molecular weight is 427 g/mol. The number of anilines is 1. The summed E-state index contributed by atoms with van der Waals surface area (Å²) >= 11 is 0. The molecule has 1 aliphatic rings. The molecule has 0 aliphatic carbocycles. The van der Waals surface area contributed by atoms with E-state index in [1.165, 1.54) is 0 Å². The van der Waals surface area contributed by atoms with Crippen LogP contribution < -0.4 is 5.73 Å². The quantitative estimate of drug-likeness (QED) is 0.521. The molecule has 1 atom stereocenters. The molecule has 0 unspecified atom stereocenters. The molecule has 1 aromatic carbocycles. The summed E-state index contributed by atoms with van der Waals surface area (Å²) in [7, 11) is 3.58. The summed E-state index contributed by atoms with van der Waals surface area (Å²) in [6.07, 6.45) is 1.57. The standard InChI is InChI=1S/C23H21N7O2/c1-12-20-21(30(3)28-12)16-7-17(26-9-18(16)27-22(20)25)23(31)29(2)19-11-32-10-14-6-13(8-24)4-5-15(14)19/h4-7,9,19H,10-11H2,1-3H3,(H2,25,27)/t19-/m1/s1. The summed E-state index contributed by atoms with van der Waals surface area (Å²) in [6, 6.07) is 9.08. The van der Waals surface area contributed by atoms with Crippen molar-refractivity contribution in [1.82, 2.24) is 24.6 Å². The molecule has 32 heavy (non-hydrogen) atoms. The van der Waals surface area contributed by atoms with Crippen LogP contribution in [0.15, 0.2) is 30.5 Å². The third-order valence-electron chi connectivity index (χ3n) is 6.03. The smallest absolute Gasteiger partial charge is 0.272 e. The van der Waals surface area contributed by atoms with Crippen LogP contribution in [0.3, 0.4) is 0 Å². The van der Waals surface area contributed by atoms with Gasteiger partial charge in [-0.2, -0.15) is 10.4 Å². The van der Waals surface area contributed by atoms with Gasteiger partial charge in [-0.3, -0.25) is 9.48 Å². The first-order chi connectivity index (χ1) is 15.4. The number of hydrogen-bond donors (Lipinski definition) is 1. The van der Waals surface area contributed by atoms with Gasteiger partial charge in [0.1, 0.15) is 11.5 Å². The maximum Gasteiger partial charge on any atom is 0.272 e. The fourth-order valence-electron chi connectivity index (χ4n) is 4.44. The van der Waals surface area contributed by atoms with Crippen LogP contribution in [0.2, 0.25) is 0 Å². The van der Waals surface area contributed by atoms with Gasteiger partial charge < -0.3 is 15.4 Å². The molecule has 2 N–H and O–H groups in total. The van der Waals surface area contributed by atoms with Gasteiger partial charge in [0.05, 0.1) is 59.2 Å². The van der Waals surface area contributed by atoms with Crippen molar-refractivity contribution >= 4 is 33.5 Å². The molecule has 3 aromatic heterocycles. The van der Waals surface area contributed by atoms with Crippen molar-refractivity contribution in [1.29, 1.82) is 5.26 Å². The number of nitriles is 1.